The third kappa shape index (κ3) is 12.5. The van der Waals surface area contributed by atoms with Gasteiger partial charge in [0.1, 0.15) is 5.75 Å². The molecule has 0 spiro atoms. The zero-order valence-electron chi connectivity index (χ0n) is 22.5. The Morgan fingerprint density at radius 3 is 2.13 bits per heavy atom. The average molecular weight is 552 g/mol. The number of amides is 1. The van der Waals surface area contributed by atoms with Crippen LogP contribution in [0.1, 0.15) is 49.0 Å². The van der Waals surface area contributed by atoms with Crippen LogP contribution in [0.25, 0.3) is 11.1 Å². The molecule has 7 nitrogen and oxygen atoms in total. The van der Waals surface area contributed by atoms with E-state index in [0.29, 0.717) is 12.5 Å². The van der Waals surface area contributed by atoms with Crippen molar-refractivity contribution in [3.8, 4) is 16.9 Å². The number of carbonyl (C=O) groups is 3. The predicted octanol–water partition coefficient (Wildman–Crippen LogP) is 6.38. The summed E-state index contributed by atoms with van der Waals surface area (Å²) in [4.78, 5) is 31.0. The maximum absolute atomic E-state index is 12.8. The number of aliphatic carboxylic acids is 2. The van der Waals surface area contributed by atoms with Crippen molar-refractivity contribution in [2.24, 2.45) is 5.92 Å². The van der Waals surface area contributed by atoms with E-state index in [4.69, 9.17) is 24.5 Å². The molecule has 1 amide bonds. The summed E-state index contributed by atoms with van der Waals surface area (Å²) in [6.45, 7) is 5.90. The fourth-order valence-electron chi connectivity index (χ4n) is 3.61. The highest BCUT2D eigenvalue weighted by molar-refractivity contribution is 7.98. The molecule has 0 atom stereocenters. The van der Waals surface area contributed by atoms with Crippen LogP contribution in [-0.4, -0.2) is 47.0 Å². The van der Waals surface area contributed by atoms with E-state index in [1.807, 2.05) is 66.4 Å². The van der Waals surface area contributed by atoms with Gasteiger partial charge in [0.2, 0.25) is 0 Å². The molecule has 3 N–H and O–H groups in total. The van der Waals surface area contributed by atoms with Gasteiger partial charge >= 0.3 is 11.9 Å². The molecule has 0 saturated heterocycles. The van der Waals surface area contributed by atoms with E-state index >= 15 is 0 Å². The standard InChI is InChI=1S/C29H35NO2S.C2H2O4/c1-23(2)10-8-9-19-30-29(31)28-14-7-6-13-27(28)25-17-15-24(16-18-25)22-33-21-20-32-26-11-4-3-5-12-26;3-1(4)2(5)6/h3-7,11-18,23H,8-10,19-22H2,1-2H3,(H,30,31);(H,3,4)(H,5,6). The predicted molar refractivity (Wildman–Crippen MR) is 156 cm³/mol. The van der Waals surface area contributed by atoms with Crippen molar-refractivity contribution in [2.75, 3.05) is 18.9 Å². The Morgan fingerprint density at radius 2 is 1.49 bits per heavy atom. The minimum absolute atomic E-state index is 0.00759. The normalized spacial score (nSPS) is 10.3. The summed E-state index contributed by atoms with van der Waals surface area (Å²) in [6.07, 6.45) is 3.38. The lowest BCUT2D eigenvalue weighted by Gasteiger charge is -2.11. The van der Waals surface area contributed by atoms with Gasteiger partial charge in [0.25, 0.3) is 5.91 Å². The second-order valence-corrected chi connectivity index (χ2v) is 10.3. The molecule has 208 valence electrons. The zero-order valence-corrected chi connectivity index (χ0v) is 23.3. The number of unbranched alkanes of at least 4 members (excludes halogenated alkanes) is 1. The van der Waals surface area contributed by atoms with Crippen molar-refractivity contribution in [3.63, 3.8) is 0 Å². The molecule has 0 heterocycles. The van der Waals surface area contributed by atoms with Gasteiger partial charge in [0.05, 0.1) is 6.61 Å². The van der Waals surface area contributed by atoms with E-state index in [9.17, 15) is 4.79 Å². The van der Waals surface area contributed by atoms with Crippen molar-refractivity contribution < 1.29 is 29.3 Å². The highest BCUT2D eigenvalue weighted by Crippen LogP contribution is 2.25. The number of thioether (sulfide) groups is 1. The van der Waals surface area contributed by atoms with Gasteiger partial charge in [-0.05, 0) is 47.2 Å². The van der Waals surface area contributed by atoms with Gasteiger partial charge in [0.15, 0.2) is 0 Å². The molecule has 0 saturated carbocycles. The Labute approximate surface area is 234 Å². The maximum atomic E-state index is 12.8. The molecule has 39 heavy (non-hydrogen) atoms. The first-order valence-electron chi connectivity index (χ1n) is 13.0. The number of ether oxygens (including phenoxy) is 1. The fourth-order valence-corrected chi connectivity index (χ4v) is 4.39. The highest BCUT2D eigenvalue weighted by atomic mass is 32.2. The second kappa shape index (κ2) is 17.7. The van der Waals surface area contributed by atoms with E-state index in [1.54, 1.807) is 0 Å². The number of para-hydroxylation sites is 1. The molecule has 0 aliphatic rings. The molecule has 8 heteroatoms. The Hall–Kier alpha value is -3.78. The Morgan fingerprint density at radius 1 is 0.846 bits per heavy atom. The van der Waals surface area contributed by atoms with Gasteiger partial charge in [-0.3, -0.25) is 4.79 Å². The topological polar surface area (TPSA) is 113 Å². The second-order valence-electron chi connectivity index (χ2n) is 9.21. The first-order chi connectivity index (χ1) is 18.8. The van der Waals surface area contributed by atoms with Gasteiger partial charge in [-0.15, -0.1) is 0 Å². The fraction of sp³-hybridized carbons (Fsp3) is 0.323. The Kier molecular flexibility index (Phi) is 14.2. The van der Waals surface area contributed by atoms with E-state index in [2.05, 4.69) is 43.4 Å². The minimum Gasteiger partial charge on any atom is -0.493 e. The monoisotopic (exact) mass is 551 g/mol. The van der Waals surface area contributed by atoms with Crippen LogP contribution in [0.3, 0.4) is 0 Å². The van der Waals surface area contributed by atoms with Crippen LogP contribution < -0.4 is 10.1 Å². The van der Waals surface area contributed by atoms with E-state index < -0.39 is 11.9 Å². The highest BCUT2D eigenvalue weighted by Gasteiger charge is 2.12. The van der Waals surface area contributed by atoms with Gasteiger partial charge in [-0.1, -0.05) is 87.4 Å². The van der Waals surface area contributed by atoms with Crippen LogP contribution in [-0.2, 0) is 15.3 Å². The third-order valence-corrected chi connectivity index (χ3v) is 6.61. The number of carboxylic acid groups (broad SMARTS) is 2. The van der Waals surface area contributed by atoms with Crippen molar-refractivity contribution in [1.82, 2.24) is 5.32 Å². The molecule has 0 radical (unpaired) electrons. The summed E-state index contributed by atoms with van der Waals surface area (Å²) < 4.78 is 5.75. The number of carbonyl (C=O) groups excluding carboxylic acids is 1. The number of benzene rings is 3. The molecule has 0 aromatic heterocycles. The lowest BCUT2D eigenvalue weighted by Crippen LogP contribution is -2.25. The molecule has 0 unspecified atom stereocenters. The minimum atomic E-state index is -1.82. The van der Waals surface area contributed by atoms with Gasteiger partial charge in [0, 0.05) is 23.6 Å². The molecule has 3 rings (SSSR count). The molecule has 0 bridgehead atoms. The summed E-state index contributed by atoms with van der Waals surface area (Å²) in [5, 5.41) is 17.9. The van der Waals surface area contributed by atoms with Crippen molar-refractivity contribution in [2.45, 2.75) is 38.9 Å². The summed E-state index contributed by atoms with van der Waals surface area (Å²) in [5.41, 5.74) is 4.06. The van der Waals surface area contributed by atoms with Crippen molar-refractivity contribution in [1.29, 1.82) is 0 Å². The van der Waals surface area contributed by atoms with Gasteiger partial charge in [-0.2, -0.15) is 11.8 Å². The van der Waals surface area contributed by atoms with Crippen molar-refractivity contribution >= 4 is 29.6 Å². The van der Waals surface area contributed by atoms with Crippen LogP contribution in [0.5, 0.6) is 5.75 Å². The summed E-state index contributed by atoms with van der Waals surface area (Å²) >= 11 is 1.86. The summed E-state index contributed by atoms with van der Waals surface area (Å²) in [6, 6.07) is 26.3. The van der Waals surface area contributed by atoms with Crippen molar-refractivity contribution in [3.05, 3.63) is 90.0 Å². The Balaban J connectivity index is 0.000000798. The molecular weight excluding hydrogens is 514 g/mol. The SMILES string of the molecule is CC(C)CCCCNC(=O)c1ccccc1-c1ccc(CSCCOc2ccccc2)cc1.O=C(O)C(=O)O. The third-order valence-electron chi connectivity index (χ3n) is 5.62. The Bertz CT molecular complexity index is 1150. The van der Waals surface area contributed by atoms with Crippen LogP contribution in [0.4, 0.5) is 0 Å². The quantitative estimate of drug-likeness (QED) is 0.167. The van der Waals surface area contributed by atoms with Crippen LogP contribution in [0.15, 0.2) is 78.9 Å². The lowest BCUT2D eigenvalue weighted by molar-refractivity contribution is -0.159. The zero-order chi connectivity index (χ0) is 28.5. The first-order valence-corrected chi connectivity index (χ1v) is 14.1. The van der Waals surface area contributed by atoms with Crippen LogP contribution in [0, 0.1) is 5.92 Å². The molecular formula is C31H37NO6S. The lowest BCUT2D eigenvalue weighted by atomic mass is 9.98. The summed E-state index contributed by atoms with van der Waals surface area (Å²) in [7, 11) is 0. The number of hydrogen-bond acceptors (Lipinski definition) is 5. The van der Waals surface area contributed by atoms with Gasteiger partial charge in [-0.25, -0.2) is 9.59 Å². The average Bonchev–Trinajstić information content (AvgIpc) is 2.93. The van der Waals surface area contributed by atoms with Crippen LogP contribution >= 0.6 is 11.8 Å². The van der Waals surface area contributed by atoms with Crippen LogP contribution in [0.2, 0.25) is 0 Å². The molecule has 0 fully saturated rings. The first kappa shape index (κ1) is 31.4. The maximum Gasteiger partial charge on any atom is 0.414 e. The molecule has 3 aromatic carbocycles. The molecule has 0 aliphatic carbocycles. The number of nitrogens with one attached hydrogen (secondary N) is 1. The van der Waals surface area contributed by atoms with E-state index in [1.165, 1.54) is 12.0 Å². The number of carboxylic acids is 2. The number of hydrogen-bond donors (Lipinski definition) is 3. The molecule has 3 aromatic rings. The number of rotatable bonds is 13. The smallest absolute Gasteiger partial charge is 0.414 e. The summed E-state index contributed by atoms with van der Waals surface area (Å²) in [5.74, 6) is -0.127. The largest absolute Gasteiger partial charge is 0.493 e. The van der Waals surface area contributed by atoms with Gasteiger partial charge < -0.3 is 20.3 Å². The van der Waals surface area contributed by atoms with E-state index in [-0.39, 0.29) is 5.91 Å². The molecule has 0 aliphatic heterocycles. The van der Waals surface area contributed by atoms with E-state index in [0.717, 1.165) is 53.3 Å².